The smallest absolute Gasteiger partial charge is 0.304 e. The molecule has 1 unspecified atom stereocenters. The Hall–Kier alpha value is -1.14. The van der Waals surface area contributed by atoms with Crippen molar-refractivity contribution < 1.29 is 19.8 Å². The molecule has 0 saturated carbocycles. The molecule has 0 amide bonds. The molecule has 0 bridgehead atoms. The second-order valence-corrected chi connectivity index (χ2v) is 2.96. The van der Waals surface area contributed by atoms with Gasteiger partial charge in [0.2, 0.25) is 0 Å². The van der Waals surface area contributed by atoms with Gasteiger partial charge in [0.25, 0.3) is 0 Å². The average Bonchev–Trinajstić information content (AvgIpc) is 2.10. The molecule has 6 heteroatoms. The van der Waals surface area contributed by atoms with E-state index in [1.807, 2.05) is 0 Å². The van der Waals surface area contributed by atoms with Gasteiger partial charge in [0.15, 0.2) is 0 Å². The number of rotatable bonds is 8. The summed E-state index contributed by atoms with van der Waals surface area (Å²) in [6.45, 7) is 0.629. The van der Waals surface area contributed by atoms with Gasteiger partial charge in [-0.25, -0.2) is 0 Å². The zero-order valence-electron chi connectivity index (χ0n) is 7.90. The van der Waals surface area contributed by atoms with Crippen LogP contribution in [0, 0.1) is 0 Å². The van der Waals surface area contributed by atoms with Gasteiger partial charge in [0.05, 0.1) is 6.42 Å². The lowest BCUT2D eigenvalue weighted by Crippen LogP contribution is -2.37. The average molecular weight is 204 g/mol. The monoisotopic (exact) mass is 204 g/mol. The molecule has 0 radical (unpaired) electrons. The largest absolute Gasteiger partial charge is 0.481 e. The van der Waals surface area contributed by atoms with Crippen LogP contribution in [0.1, 0.15) is 19.3 Å². The highest BCUT2D eigenvalue weighted by atomic mass is 16.4. The molecule has 0 aliphatic heterocycles. The van der Waals surface area contributed by atoms with Crippen LogP contribution in [0.4, 0.5) is 0 Å². The van der Waals surface area contributed by atoms with Crippen molar-refractivity contribution >= 4 is 11.9 Å². The van der Waals surface area contributed by atoms with Gasteiger partial charge in [-0.3, -0.25) is 9.59 Å². The fourth-order valence-corrected chi connectivity index (χ4v) is 0.984. The Balaban J connectivity index is 3.57. The van der Waals surface area contributed by atoms with Crippen LogP contribution >= 0.6 is 0 Å². The van der Waals surface area contributed by atoms with Crippen LogP contribution in [-0.4, -0.2) is 41.3 Å². The first kappa shape index (κ1) is 12.9. The molecule has 14 heavy (non-hydrogen) atoms. The van der Waals surface area contributed by atoms with Crippen molar-refractivity contribution in [1.29, 1.82) is 0 Å². The van der Waals surface area contributed by atoms with E-state index in [0.717, 1.165) is 0 Å². The predicted octanol–water partition coefficient (Wildman–Crippen LogP) is -0.757. The van der Waals surface area contributed by atoms with Gasteiger partial charge in [-0.05, 0) is 6.42 Å². The standard InChI is InChI=1S/C8H16N2O4/c9-5-6(1-2-7(11)12)10-4-3-8(13)14/h6,10H,1-5,9H2,(H,11,12)(H,13,14). The van der Waals surface area contributed by atoms with E-state index >= 15 is 0 Å². The minimum Gasteiger partial charge on any atom is -0.481 e. The summed E-state index contributed by atoms with van der Waals surface area (Å²) >= 11 is 0. The van der Waals surface area contributed by atoms with Crippen molar-refractivity contribution in [2.75, 3.05) is 13.1 Å². The maximum atomic E-state index is 10.2. The number of carboxylic acids is 2. The fourth-order valence-electron chi connectivity index (χ4n) is 0.984. The number of nitrogens with one attached hydrogen (secondary N) is 1. The number of carbonyl (C=O) groups is 2. The molecule has 0 aromatic heterocycles. The van der Waals surface area contributed by atoms with E-state index in [2.05, 4.69) is 5.32 Å². The molecule has 1 atom stereocenters. The third kappa shape index (κ3) is 7.51. The molecule has 0 heterocycles. The Morgan fingerprint density at radius 3 is 2.21 bits per heavy atom. The highest BCUT2D eigenvalue weighted by Gasteiger charge is 2.08. The molecule has 0 aliphatic rings. The summed E-state index contributed by atoms with van der Waals surface area (Å²) in [7, 11) is 0. The summed E-state index contributed by atoms with van der Waals surface area (Å²) in [6, 6.07) is -0.120. The molecule has 0 aromatic rings. The molecular weight excluding hydrogens is 188 g/mol. The Bertz CT molecular complexity index is 196. The van der Waals surface area contributed by atoms with Gasteiger partial charge in [0, 0.05) is 25.6 Å². The van der Waals surface area contributed by atoms with E-state index in [9.17, 15) is 9.59 Å². The molecule has 0 rings (SSSR count). The molecule has 6 nitrogen and oxygen atoms in total. The highest BCUT2D eigenvalue weighted by molar-refractivity contribution is 5.67. The van der Waals surface area contributed by atoms with E-state index < -0.39 is 11.9 Å². The van der Waals surface area contributed by atoms with Gasteiger partial charge < -0.3 is 21.3 Å². The molecule has 82 valence electrons. The number of hydrogen-bond acceptors (Lipinski definition) is 4. The fraction of sp³-hybridized carbons (Fsp3) is 0.750. The van der Waals surface area contributed by atoms with Crippen LogP contribution in [0.3, 0.4) is 0 Å². The highest BCUT2D eigenvalue weighted by Crippen LogP contribution is 1.95. The maximum Gasteiger partial charge on any atom is 0.304 e. The van der Waals surface area contributed by atoms with Crippen LogP contribution in [0.2, 0.25) is 0 Å². The maximum absolute atomic E-state index is 10.2. The van der Waals surface area contributed by atoms with E-state index in [0.29, 0.717) is 19.5 Å². The number of nitrogens with two attached hydrogens (primary N) is 1. The molecule has 0 spiro atoms. The number of hydrogen-bond donors (Lipinski definition) is 4. The van der Waals surface area contributed by atoms with E-state index in [4.69, 9.17) is 15.9 Å². The summed E-state index contributed by atoms with van der Waals surface area (Å²) in [6.07, 6.45) is 0.483. The predicted molar refractivity (Wildman–Crippen MR) is 50.0 cm³/mol. The number of aliphatic carboxylic acids is 2. The van der Waals surface area contributed by atoms with Gasteiger partial charge in [-0.15, -0.1) is 0 Å². The van der Waals surface area contributed by atoms with Crippen LogP contribution in [0.15, 0.2) is 0 Å². The molecule has 0 saturated heterocycles. The third-order valence-electron chi connectivity index (χ3n) is 1.76. The van der Waals surface area contributed by atoms with Crippen LogP contribution < -0.4 is 11.1 Å². The first-order valence-corrected chi connectivity index (χ1v) is 4.43. The minimum absolute atomic E-state index is 0.0174. The van der Waals surface area contributed by atoms with Crippen LogP contribution in [0.25, 0.3) is 0 Å². The van der Waals surface area contributed by atoms with Crippen molar-refractivity contribution in [2.45, 2.75) is 25.3 Å². The van der Waals surface area contributed by atoms with Crippen molar-refractivity contribution in [3.8, 4) is 0 Å². The summed E-state index contributed by atoms with van der Waals surface area (Å²) < 4.78 is 0. The normalized spacial score (nSPS) is 12.4. The SMILES string of the molecule is NCC(CCC(=O)O)NCCC(=O)O. The third-order valence-corrected chi connectivity index (χ3v) is 1.76. The Labute approximate surface area is 82.1 Å². The summed E-state index contributed by atoms with van der Waals surface area (Å²) in [5.41, 5.74) is 5.37. The lowest BCUT2D eigenvalue weighted by molar-refractivity contribution is -0.138. The van der Waals surface area contributed by atoms with Crippen molar-refractivity contribution in [3.63, 3.8) is 0 Å². The molecule has 5 N–H and O–H groups in total. The zero-order chi connectivity index (χ0) is 11.0. The van der Waals surface area contributed by atoms with Crippen LogP contribution in [-0.2, 0) is 9.59 Å². The Kier molecular flexibility index (Phi) is 6.69. The topological polar surface area (TPSA) is 113 Å². The molecular formula is C8H16N2O4. The Morgan fingerprint density at radius 1 is 1.21 bits per heavy atom. The summed E-state index contributed by atoms with van der Waals surface area (Å²) in [5.74, 6) is -1.75. The number of carboxylic acid groups (broad SMARTS) is 2. The summed E-state index contributed by atoms with van der Waals surface area (Å²) in [5, 5.41) is 19.6. The molecule has 0 fully saturated rings. The zero-order valence-corrected chi connectivity index (χ0v) is 7.90. The van der Waals surface area contributed by atoms with Crippen molar-refractivity contribution in [1.82, 2.24) is 5.32 Å². The first-order valence-electron chi connectivity index (χ1n) is 4.43. The van der Waals surface area contributed by atoms with E-state index in [1.165, 1.54) is 0 Å². The van der Waals surface area contributed by atoms with Crippen molar-refractivity contribution in [3.05, 3.63) is 0 Å². The quantitative estimate of drug-likeness (QED) is 0.413. The molecule has 0 aliphatic carbocycles. The lowest BCUT2D eigenvalue weighted by atomic mass is 10.1. The second kappa shape index (κ2) is 7.28. The summed E-state index contributed by atoms with van der Waals surface area (Å²) in [4.78, 5) is 20.4. The second-order valence-electron chi connectivity index (χ2n) is 2.96. The first-order chi connectivity index (χ1) is 6.56. The van der Waals surface area contributed by atoms with E-state index in [1.54, 1.807) is 0 Å². The van der Waals surface area contributed by atoms with Gasteiger partial charge in [0.1, 0.15) is 0 Å². The Morgan fingerprint density at radius 2 is 1.79 bits per heavy atom. The van der Waals surface area contributed by atoms with E-state index in [-0.39, 0.29) is 18.9 Å². The minimum atomic E-state index is -0.883. The van der Waals surface area contributed by atoms with Crippen molar-refractivity contribution in [2.24, 2.45) is 5.73 Å². The lowest BCUT2D eigenvalue weighted by Gasteiger charge is -2.14. The molecule has 0 aromatic carbocycles. The van der Waals surface area contributed by atoms with Gasteiger partial charge in [-0.1, -0.05) is 0 Å². The van der Waals surface area contributed by atoms with Crippen LogP contribution in [0.5, 0.6) is 0 Å². The van der Waals surface area contributed by atoms with Gasteiger partial charge >= 0.3 is 11.9 Å². The van der Waals surface area contributed by atoms with Gasteiger partial charge in [-0.2, -0.15) is 0 Å².